The molecule has 34 heavy (non-hydrogen) atoms. The summed E-state index contributed by atoms with van der Waals surface area (Å²) >= 11 is 0. The van der Waals surface area contributed by atoms with Gasteiger partial charge in [0.15, 0.2) is 11.6 Å². The summed E-state index contributed by atoms with van der Waals surface area (Å²) in [4.78, 5) is 44.8. The van der Waals surface area contributed by atoms with Crippen LogP contribution in [0.1, 0.15) is 17.3 Å². The first-order valence-electron chi connectivity index (χ1n) is 10.0. The van der Waals surface area contributed by atoms with E-state index in [4.69, 9.17) is 0 Å². The van der Waals surface area contributed by atoms with Gasteiger partial charge in [0.25, 0.3) is 0 Å². The predicted octanol–water partition coefficient (Wildman–Crippen LogP) is 2.71. The highest BCUT2D eigenvalue weighted by atomic mass is 31.2. The zero-order valence-electron chi connectivity index (χ0n) is 17.7. The lowest BCUT2D eigenvalue weighted by molar-refractivity contribution is 0.0695. The van der Waals surface area contributed by atoms with Crippen LogP contribution in [0.15, 0.2) is 41.3 Å². The minimum atomic E-state index is -4.50. The van der Waals surface area contributed by atoms with Crippen LogP contribution in [-0.2, 0) is 4.57 Å². The van der Waals surface area contributed by atoms with Crippen LogP contribution >= 0.6 is 7.75 Å². The number of hydrogen-bond acceptors (Lipinski definition) is 4. The topological polar surface area (TPSA) is 123 Å². The van der Waals surface area contributed by atoms with Gasteiger partial charge in [0.1, 0.15) is 11.4 Å². The number of aromatic carboxylic acids is 1. The van der Waals surface area contributed by atoms with E-state index in [-0.39, 0.29) is 41.9 Å². The second-order valence-electron chi connectivity index (χ2n) is 7.94. The molecule has 9 nitrogen and oxygen atoms in total. The molecular weight excluding hydrogens is 478 g/mol. The summed E-state index contributed by atoms with van der Waals surface area (Å²) in [7, 11) is -4.50. The number of anilines is 1. The average Bonchev–Trinajstić information content (AvgIpc) is 2.75. The maximum absolute atomic E-state index is 15.1. The van der Waals surface area contributed by atoms with Crippen LogP contribution in [0.25, 0.3) is 16.6 Å². The Bertz CT molecular complexity index is 1420. The van der Waals surface area contributed by atoms with Gasteiger partial charge in [-0.05, 0) is 31.2 Å². The third-order valence-electron chi connectivity index (χ3n) is 5.75. The Kier molecular flexibility index (Phi) is 6.03. The van der Waals surface area contributed by atoms with Crippen molar-refractivity contribution in [2.45, 2.75) is 13.0 Å². The first-order valence-corrected chi connectivity index (χ1v) is 11.6. The van der Waals surface area contributed by atoms with Crippen molar-refractivity contribution >= 4 is 30.3 Å². The van der Waals surface area contributed by atoms with E-state index < -0.39 is 48.2 Å². The van der Waals surface area contributed by atoms with E-state index in [9.17, 15) is 37.8 Å². The van der Waals surface area contributed by atoms with Gasteiger partial charge in [-0.1, -0.05) is 0 Å². The molecule has 0 bridgehead atoms. The van der Waals surface area contributed by atoms with E-state index in [0.717, 1.165) is 33.6 Å². The second-order valence-corrected chi connectivity index (χ2v) is 9.48. The number of carbonyl (C=O) groups is 1. The predicted molar refractivity (Wildman–Crippen MR) is 117 cm³/mol. The fraction of sp³-hybridized carbons (Fsp3) is 0.238. The molecule has 1 fully saturated rings. The van der Waals surface area contributed by atoms with E-state index in [1.165, 1.54) is 17.0 Å². The first kappa shape index (κ1) is 24.0. The highest BCUT2D eigenvalue weighted by molar-refractivity contribution is 7.49. The summed E-state index contributed by atoms with van der Waals surface area (Å²) in [5, 5.41) is 9.14. The molecule has 1 aromatic heterocycles. The number of rotatable bonds is 4. The number of carboxylic acid groups (broad SMARTS) is 1. The van der Waals surface area contributed by atoms with Gasteiger partial charge in [-0.15, -0.1) is 0 Å². The van der Waals surface area contributed by atoms with Crippen LogP contribution in [0.2, 0.25) is 0 Å². The van der Waals surface area contributed by atoms with Gasteiger partial charge in [-0.3, -0.25) is 4.79 Å². The highest BCUT2D eigenvalue weighted by Gasteiger charge is 2.35. The zero-order chi connectivity index (χ0) is 24.9. The number of pyridine rings is 1. The number of aromatic nitrogens is 1. The van der Waals surface area contributed by atoms with Crippen LogP contribution in [0.5, 0.6) is 0 Å². The Morgan fingerprint density at radius 2 is 1.76 bits per heavy atom. The van der Waals surface area contributed by atoms with E-state index in [2.05, 4.69) is 0 Å². The Labute approximate surface area is 190 Å². The van der Waals surface area contributed by atoms with E-state index in [1.807, 2.05) is 0 Å². The van der Waals surface area contributed by atoms with Gasteiger partial charge in [0, 0.05) is 49.0 Å². The molecule has 13 heteroatoms. The van der Waals surface area contributed by atoms with Crippen LogP contribution in [0, 0.1) is 17.5 Å². The molecule has 0 spiro atoms. The molecule has 1 atom stereocenters. The van der Waals surface area contributed by atoms with Crippen molar-refractivity contribution in [3.63, 3.8) is 0 Å². The van der Waals surface area contributed by atoms with Crippen LogP contribution < -0.4 is 10.3 Å². The molecule has 1 saturated heterocycles. The van der Waals surface area contributed by atoms with Crippen molar-refractivity contribution in [1.29, 1.82) is 0 Å². The SMILES string of the molecule is CC1CN(c2cc3c(cc2F)c(=O)c(C(=O)O)cn3-c2ccc(F)c(F)c2)CCN1P(=O)(O)O. The van der Waals surface area contributed by atoms with Crippen molar-refractivity contribution < 1.29 is 37.4 Å². The summed E-state index contributed by atoms with van der Waals surface area (Å²) in [5.74, 6) is -4.75. The molecule has 1 aliphatic heterocycles. The number of halogens is 3. The van der Waals surface area contributed by atoms with E-state index in [0.29, 0.717) is 0 Å². The Hall–Kier alpha value is -3.18. The molecule has 2 aromatic carbocycles. The number of hydrogen-bond donors (Lipinski definition) is 3. The van der Waals surface area contributed by atoms with Gasteiger partial charge >= 0.3 is 13.7 Å². The van der Waals surface area contributed by atoms with Crippen LogP contribution in [-0.4, -0.2) is 55.8 Å². The number of piperazine rings is 1. The average molecular weight is 497 g/mol. The molecule has 1 unspecified atom stereocenters. The van der Waals surface area contributed by atoms with Crippen molar-refractivity contribution in [2.24, 2.45) is 0 Å². The molecule has 3 N–H and O–H groups in total. The normalized spacial score (nSPS) is 17.4. The standard InChI is InChI=1S/C21H19F3N3O6P/c1-11-9-25(4-5-27(11)34(31,32)33)19-8-18-13(7-17(19)24)20(28)14(21(29)30)10-26(18)12-2-3-15(22)16(23)6-12/h2-3,6-8,10-11H,4-5,9H2,1H3,(H,29,30)(H2,31,32,33). The summed E-state index contributed by atoms with van der Waals surface area (Å²) < 4.78 is 56.3. The van der Waals surface area contributed by atoms with Crippen molar-refractivity contribution in [2.75, 3.05) is 24.5 Å². The summed E-state index contributed by atoms with van der Waals surface area (Å²) in [5.41, 5.74) is -1.59. The minimum Gasteiger partial charge on any atom is -0.477 e. The van der Waals surface area contributed by atoms with Gasteiger partial charge in [0.2, 0.25) is 5.43 Å². The largest absolute Gasteiger partial charge is 0.477 e. The highest BCUT2D eigenvalue weighted by Crippen LogP contribution is 2.43. The summed E-state index contributed by atoms with van der Waals surface area (Å²) in [6, 6.07) is 4.34. The van der Waals surface area contributed by atoms with Gasteiger partial charge < -0.3 is 24.4 Å². The van der Waals surface area contributed by atoms with Gasteiger partial charge in [0.05, 0.1) is 11.2 Å². The number of benzene rings is 2. The van der Waals surface area contributed by atoms with Crippen molar-refractivity contribution in [3.8, 4) is 5.69 Å². The van der Waals surface area contributed by atoms with Crippen molar-refractivity contribution in [3.05, 3.63) is 69.8 Å². The Balaban J connectivity index is 1.90. The van der Waals surface area contributed by atoms with Crippen molar-refractivity contribution in [1.82, 2.24) is 9.24 Å². The zero-order valence-corrected chi connectivity index (χ0v) is 18.5. The molecule has 3 aromatic rings. The van der Waals surface area contributed by atoms with Crippen LogP contribution in [0.3, 0.4) is 0 Å². The Morgan fingerprint density at radius 1 is 1.06 bits per heavy atom. The van der Waals surface area contributed by atoms with E-state index >= 15 is 4.39 Å². The lowest BCUT2D eigenvalue weighted by Gasteiger charge is -2.40. The molecule has 2 heterocycles. The first-order chi connectivity index (χ1) is 15.9. The third-order valence-corrected chi connectivity index (χ3v) is 7.02. The number of nitrogens with zero attached hydrogens (tertiary/aromatic N) is 3. The Morgan fingerprint density at radius 3 is 2.35 bits per heavy atom. The molecule has 1 aliphatic rings. The maximum atomic E-state index is 15.1. The van der Waals surface area contributed by atoms with Gasteiger partial charge in [-0.2, -0.15) is 0 Å². The molecule has 0 saturated carbocycles. The van der Waals surface area contributed by atoms with Crippen LogP contribution in [0.4, 0.5) is 18.9 Å². The quantitative estimate of drug-likeness (QED) is 0.471. The maximum Gasteiger partial charge on any atom is 0.403 e. The third kappa shape index (κ3) is 4.21. The minimum absolute atomic E-state index is 0.00326. The fourth-order valence-electron chi connectivity index (χ4n) is 4.13. The smallest absolute Gasteiger partial charge is 0.403 e. The molecule has 0 aliphatic carbocycles. The molecule has 4 rings (SSSR count). The summed E-state index contributed by atoms with van der Waals surface area (Å²) in [6.45, 7) is 1.62. The molecule has 0 radical (unpaired) electrons. The van der Waals surface area contributed by atoms with E-state index in [1.54, 1.807) is 6.92 Å². The molecule has 0 amide bonds. The second kappa shape index (κ2) is 8.55. The number of carboxylic acids is 1. The number of fused-ring (bicyclic) bond motifs is 1. The summed E-state index contributed by atoms with van der Waals surface area (Å²) in [6.07, 6.45) is 0.954. The molecule has 180 valence electrons. The lowest BCUT2D eigenvalue weighted by Crippen LogP contribution is -2.50. The fourth-order valence-corrected chi connectivity index (χ4v) is 5.07. The molecular formula is C21H19F3N3O6P. The monoisotopic (exact) mass is 497 g/mol. The lowest BCUT2D eigenvalue weighted by atomic mass is 10.1. The van der Waals surface area contributed by atoms with Gasteiger partial charge in [-0.25, -0.2) is 27.2 Å².